The summed E-state index contributed by atoms with van der Waals surface area (Å²) in [6.07, 6.45) is 2.39. The Kier molecular flexibility index (Phi) is 6.77. The lowest BCUT2D eigenvalue weighted by Gasteiger charge is -2.38. The van der Waals surface area contributed by atoms with Crippen LogP contribution in [-0.2, 0) is 11.4 Å². The Morgan fingerprint density at radius 3 is 2.60 bits per heavy atom. The summed E-state index contributed by atoms with van der Waals surface area (Å²) >= 11 is 5.10. The molecule has 0 radical (unpaired) electrons. The Balaban J connectivity index is 1.45. The van der Waals surface area contributed by atoms with E-state index in [1.807, 2.05) is 53.2 Å². The highest BCUT2D eigenvalue weighted by molar-refractivity contribution is 9.10. The number of ketones is 1. The predicted octanol–water partition coefficient (Wildman–Crippen LogP) is 6.78. The van der Waals surface area contributed by atoms with E-state index in [1.165, 1.54) is 0 Å². The molecule has 1 aliphatic carbocycles. The number of carbonyl (C=O) groups is 1. The first kappa shape index (κ1) is 24.1. The Morgan fingerprint density at radius 1 is 1.14 bits per heavy atom. The van der Waals surface area contributed by atoms with Gasteiger partial charge in [0.25, 0.3) is 0 Å². The number of thioether (sulfide) groups is 1. The lowest BCUT2D eigenvalue weighted by molar-refractivity contribution is -0.118. The molecule has 0 saturated heterocycles. The van der Waals surface area contributed by atoms with Gasteiger partial charge in [-0.1, -0.05) is 72.7 Å². The molecule has 2 aromatic carbocycles. The van der Waals surface area contributed by atoms with Crippen molar-refractivity contribution in [2.75, 3.05) is 11.1 Å². The topological polar surface area (TPSA) is 69.0 Å². The van der Waals surface area contributed by atoms with Crippen LogP contribution in [0.15, 0.2) is 69.4 Å². The molecule has 6 nitrogen and oxygen atoms in total. The van der Waals surface area contributed by atoms with E-state index in [1.54, 1.807) is 11.8 Å². The summed E-state index contributed by atoms with van der Waals surface area (Å²) in [5, 5.41) is 8.98. The van der Waals surface area contributed by atoms with Crippen LogP contribution in [0, 0.1) is 5.41 Å². The number of anilines is 1. The molecular formula is C27H29BrN4O2S. The van der Waals surface area contributed by atoms with Crippen LogP contribution in [0.4, 0.5) is 5.95 Å². The standard InChI is InChI=1S/C27H29BrN4O2S/c1-4-13-35-26-30-25-29-21-14-27(2,3)15-22(33)23(21)24(32(25)31-26)18-7-11-20(12-8-18)34-16-17-5-9-19(28)10-6-17/h5-12,24H,4,13-16H2,1-3H3,(H,29,30,31). The van der Waals surface area contributed by atoms with Crippen molar-refractivity contribution in [2.24, 2.45) is 5.41 Å². The van der Waals surface area contributed by atoms with E-state index >= 15 is 0 Å². The molecule has 2 heterocycles. The van der Waals surface area contributed by atoms with Crippen molar-refractivity contribution in [3.8, 4) is 5.75 Å². The van der Waals surface area contributed by atoms with Crippen LogP contribution in [0.5, 0.6) is 5.75 Å². The fourth-order valence-electron chi connectivity index (χ4n) is 4.65. The summed E-state index contributed by atoms with van der Waals surface area (Å²) in [6.45, 7) is 6.93. The number of nitrogens with zero attached hydrogens (tertiary/aromatic N) is 3. The van der Waals surface area contributed by atoms with Gasteiger partial charge in [-0.3, -0.25) is 4.79 Å². The zero-order valence-corrected chi connectivity index (χ0v) is 22.6. The van der Waals surface area contributed by atoms with Gasteiger partial charge in [0.1, 0.15) is 18.4 Å². The number of allylic oxidation sites excluding steroid dienone is 2. The molecular weight excluding hydrogens is 524 g/mol. The molecule has 1 N–H and O–H groups in total. The van der Waals surface area contributed by atoms with Gasteiger partial charge < -0.3 is 10.1 Å². The van der Waals surface area contributed by atoms with Crippen LogP contribution in [0.3, 0.4) is 0 Å². The molecule has 0 bridgehead atoms. The molecule has 1 atom stereocenters. The third-order valence-corrected chi connectivity index (χ3v) is 7.83. The summed E-state index contributed by atoms with van der Waals surface area (Å²) in [6, 6.07) is 15.8. The second-order valence-electron chi connectivity index (χ2n) is 9.86. The number of rotatable bonds is 7. The van der Waals surface area contributed by atoms with Crippen molar-refractivity contribution in [1.82, 2.24) is 14.8 Å². The predicted molar refractivity (Wildman–Crippen MR) is 143 cm³/mol. The number of hydrogen-bond donors (Lipinski definition) is 1. The maximum atomic E-state index is 13.4. The Labute approximate surface area is 218 Å². The van der Waals surface area contributed by atoms with Gasteiger partial charge in [-0.2, -0.15) is 4.98 Å². The number of carbonyl (C=O) groups excluding carboxylic acids is 1. The molecule has 5 rings (SSSR count). The minimum Gasteiger partial charge on any atom is -0.489 e. The van der Waals surface area contributed by atoms with Gasteiger partial charge >= 0.3 is 0 Å². The monoisotopic (exact) mass is 552 g/mol. The fourth-order valence-corrected chi connectivity index (χ4v) is 5.59. The van der Waals surface area contributed by atoms with Crippen LogP contribution >= 0.6 is 27.7 Å². The summed E-state index contributed by atoms with van der Waals surface area (Å²) in [5.41, 5.74) is 3.79. The van der Waals surface area contributed by atoms with E-state index in [9.17, 15) is 4.79 Å². The van der Waals surface area contributed by atoms with E-state index in [2.05, 4.69) is 42.0 Å². The van der Waals surface area contributed by atoms with E-state index in [0.29, 0.717) is 19.0 Å². The molecule has 2 aliphatic rings. The second kappa shape index (κ2) is 9.82. The van der Waals surface area contributed by atoms with E-state index in [-0.39, 0.29) is 17.2 Å². The number of fused-ring (bicyclic) bond motifs is 1. The third-order valence-electron chi connectivity index (χ3n) is 6.26. The summed E-state index contributed by atoms with van der Waals surface area (Å²) in [5.74, 6) is 2.62. The zero-order valence-electron chi connectivity index (χ0n) is 20.2. The first-order chi connectivity index (χ1) is 16.8. The molecule has 1 aliphatic heterocycles. The number of nitrogens with one attached hydrogen (secondary N) is 1. The molecule has 0 fully saturated rings. The van der Waals surface area contributed by atoms with Gasteiger partial charge in [0.2, 0.25) is 11.1 Å². The average molecular weight is 554 g/mol. The maximum Gasteiger partial charge on any atom is 0.227 e. The van der Waals surface area contributed by atoms with Crippen LogP contribution in [0.1, 0.15) is 57.2 Å². The second-order valence-corrected chi connectivity index (χ2v) is 11.8. The van der Waals surface area contributed by atoms with Crippen LogP contribution in [0.25, 0.3) is 0 Å². The third kappa shape index (κ3) is 5.19. The number of aromatic nitrogens is 3. The highest BCUT2D eigenvalue weighted by atomic mass is 79.9. The van der Waals surface area contributed by atoms with E-state index < -0.39 is 0 Å². The van der Waals surface area contributed by atoms with Crippen molar-refractivity contribution >= 4 is 39.4 Å². The van der Waals surface area contributed by atoms with Crippen LogP contribution in [0.2, 0.25) is 0 Å². The molecule has 0 spiro atoms. The van der Waals surface area contributed by atoms with Crippen molar-refractivity contribution in [3.63, 3.8) is 0 Å². The number of hydrogen-bond acceptors (Lipinski definition) is 6. The molecule has 182 valence electrons. The van der Waals surface area contributed by atoms with Gasteiger partial charge in [-0.25, -0.2) is 4.68 Å². The quantitative estimate of drug-likeness (QED) is 0.326. The summed E-state index contributed by atoms with van der Waals surface area (Å²) in [7, 11) is 0. The van der Waals surface area contributed by atoms with Gasteiger partial charge in [0.15, 0.2) is 5.78 Å². The first-order valence-electron chi connectivity index (χ1n) is 11.9. The molecule has 1 unspecified atom stereocenters. The van der Waals surface area contributed by atoms with Crippen molar-refractivity contribution in [2.45, 2.75) is 57.8 Å². The smallest absolute Gasteiger partial charge is 0.227 e. The van der Waals surface area contributed by atoms with Gasteiger partial charge in [0, 0.05) is 27.9 Å². The largest absolute Gasteiger partial charge is 0.489 e. The molecule has 0 amide bonds. The van der Waals surface area contributed by atoms with Gasteiger partial charge in [0.05, 0.1) is 0 Å². The van der Waals surface area contributed by atoms with Crippen molar-refractivity contribution < 1.29 is 9.53 Å². The summed E-state index contributed by atoms with van der Waals surface area (Å²) < 4.78 is 8.93. The van der Waals surface area contributed by atoms with Gasteiger partial charge in [-0.15, -0.1) is 5.10 Å². The lowest BCUT2D eigenvalue weighted by atomic mass is 9.73. The normalized spacial score (nSPS) is 18.6. The zero-order chi connectivity index (χ0) is 24.6. The maximum absolute atomic E-state index is 13.4. The molecule has 35 heavy (non-hydrogen) atoms. The fraction of sp³-hybridized carbons (Fsp3) is 0.370. The minimum atomic E-state index is -0.297. The Morgan fingerprint density at radius 2 is 1.89 bits per heavy atom. The average Bonchev–Trinajstić information content (AvgIpc) is 3.23. The lowest BCUT2D eigenvalue weighted by Crippen LogP contribution is -2.36. The minimum absolute atomic E-state index is 0.0832. The van der Waals surface area contributed by atoms with Gasteiger partial charge in [-0.05, 0) is 53.6 Å². The Hall–Kier alpha value is -2.58. The number of benzene rings is 2. The number of Topliss-reactive ketones (excluding diaryl/α,β-unsaturated/α-hetero) is 1. The number of halogens is 1. The van der Waals surface area contributed by atoms with E-state index in [0.717, 1.165) is 56.4 Å². The molecule has 1 aromatic heterocycles. The molecule has 3 aromatic rings. The SMILES string of the molecule is CCCSc1nc2n(n1)C(c1ccc(OCc3ccc(Br)cc3)cc1)C1=C(CC(C)(C)CC1=O)N2. The highest BCUT2D eigenvalue weighted by Crippen LogP contribution is 2.45. The highest BCUT2D eigenvalue weighted by Gasteiger charge is 2.41. The summed E-state index contributed by atoms with van der Waals surface area (Å²) in [4.78, 5) is 18.1. The van der Waals surface area contributed by atoms with Crippen LogP contribution in [-0.4, -0.2) is 26.3 Å². The van der Waals surface area contributed by atoms with Crippen molar-refractivity contribution in [3.05, 3.63) is 75.4 Å². The molecule has 8 heteroatoms. The first-order valence-corrected chi connectivity index (χ1v) is 13.7. The molecule has 0 saturated carbocycles. The van der Waals surface area contributed by atoms with E-state index in [4.69, 9.17) is 14.8 Å². The van der Waals surface area contributed by atoms with Crippen molar-refractivity contribution in [1.29, 1.82) is 0 Å². The van der Waals surface area contributed by atoms with Crippen LogP contribution < -0.4 is 10.1 Å². The number of ether oxygens (including phenoxy) is 1. The Bertz CT molecular complexity index is 1270.